The highest BCUT2D eigenvalue weighted by Crippen LogP contribution is 2.22. The molecule has 5 nitrogen and oxygen atoms in total. The maximum atomic E-state index is 12.1. The summed E-state index contributed by atoms with van der Waals surface area (Å²) >= 11 is 0. The molecular formula is C28H24O5. The number of ether oxygens (including phenoxy) is 1. The van der Waals surface area contributed by atoms with Crippen LogP contribution in [0.25, 0.3) is 0 Å². The van der Waals surface area contributed by atoms with Gasteiger partial charge in [-0.15, -0.1) is 0 Å². The van der Waals surface area contributed by atoms with Crippen molar-refractivity contribution in [1.82, 2.24) is 0 Å². The Balaban J connectivity index is 0.000000186. The maximum absolute atomic E-state index is 12.1. The minimum absolute atomic E-state index is 0.00619. The second-order valence-electron chi connectivity index (χ2n) is 7.29. The van der Waals surface area contributed by atoms with Gasteiger partial charge in [-0.2, -0.15) is 0 Å². The van der Waals surface area contributed by atoms with Gasteiger partial charge in [0.25, 0.3) is 0 Å². The minimum atomic E-state index is -0.203. The van der Waals surface area contributed by atoms with E-state index in [2.05, 4.69) is 0 Å². The molecule has 0 aliphatic rings. The molecule has 5 heteroatoms. The molecule has 0 fully saturated rings. The fourth-order valence-electron chi connectivity index (χ4n) is 3.14. The summed E-state index contributed by atoms with van der Waals surface area (Å²) in [4.78, 5) is 24.1. The Morgan fingerprint density at radius 2 is 1.18 bits per heavy atom. The molecule has 0 saturated carbocycles. The molecule has 4 aromatic rings. The summed E-state index contributed by atoms with van der Waals surface area (Å²) in [7, 11) is 1.57. The third-order valence-corrected chi connectivity index (χ3v) is 4.93. The van der Waals surface area contributed by atoms with Gasteiger partial charge in [-0.3, -0.25) is 9.59 Å². The number of phenols is 2. The van der Waals surface area contributed by atoms with E-state index in [1.165, 1.54) is 6.07 Å². The van der Waals surface area contributed by atoms with Crippen molar-refractivity contribution in [3.05, 3.63) is 125 Å². The van der Waals surface area contributed by atoms with Crippen LogP contribution in [0.3, 0.4) is 0 Å². The number of ketones is 2. The fraction of sp³-hybridized carbons (Fsp3) is 0.0714. The zero-order valence-corrected chi connectivity index (χ0v) is 18.4. The molecule has 2 N–H and O–H groups in total. The van der Waals surface area contributed by atoms with E-state index in [-0.39, 0.29) is 23.1 Å². The molecule has 0 radical (unpaired) electrons. The molecule has 0 spiro atoms. The van der Waals surface area contributed by atoms with Crippen molar-refractivity contribution in [2.45, 2.75) is 6.92 Å². The topological polar surface area (TPSA) is 83.8 Å². The lowest BCUT2D eigenvalue weighted by molar-refractivity contribution is 0.102. The first-order chi connectivity index (χ1) is 15.9. The van der Waals surface area contributed by atoms with E-state index in [1.54, 1.807) is 92.0 Å². The van der Waals surface area contributed by atoms with E-state index >= 15 is 0 Å². The molecule has 0 bridgehead atoms. The van der Waals surface area contributed by atoms with Gasteiger partial charge in [-0.25, -0.2) is 0 Å². The van der Waals surface area contributed by atoms with Gasteiger partial charge in [0.1, 0.15) is 17.2 Å². The van der Waals surface area contributed by atoms with Crippen molar-refractivity contribution in [3.8, 4) is 17.2 Å². The molecule has 0 amide bonds. The van der Waals surface area contributed by atoms with Crippen molar-refractivity contribution in [1.29, 1.82) is 0 Å². The second kappa shape index (κ2) is 10.8. The van der Waals surface area contributed by atoms with E-state index in [1.807, 2.05) is 13.0 Å². The van der Waals surface area contributed by atoms with Crippen molar-refractivity contribution in [2.75, 3.05) is 7.11 Å². The normalized spacial score (nSPS) is 10.0. The Bertz CT molecular complexity index is 1250. The summed E-state index contributed by atoms with van der Waals surface area (Å²) in [6, 6.07) is 27.2. The standard InChI is InChI=1S/C14H12O3.C14H12O2/c1-17-11-8-6-10(7-9-11)14(16)12-4-2-3-5-13(12)15;1-10-7-8-13(15)12(9-10)14(16)11-5-3-2-4-6-11/h2-9,15H,1H3;2-9,15H,1H3. The quantitative estimate of drug-likeness (QED) is 0.397. The van der Waals surface area contributed by atoms with Gasteiger partial charge in [0.05, 0.1) is 18.2 Å². The molecule has 0 aliphatic heterocycles. The lowest BCUT2D eigenvalue weighted by Crippen LogP contribution is -2.01. The van der Waals surface area contributed by atoms with Crippen molar-refractivity contribution < 1.29 is 24.5 Å². The molecule has 0 saturated heterocycles. The van der Waals surface area contributed by atoms with Crippen LogP contribution in [0.4, 0.5) is 0 Å². The number of phenolic OH excluding ortho intramolecular Hbond substituents is 2. The fourth-order valence-corrected chi connectivity index (χ4v) is 3.14. The number of aryl methyl sites for hydroxylation is 1. The molecule has 4 rings (SSSR count). The molecule has 0 atom stereocenters. The maximum Gasteiger partial charge on any atom is 0.196 e. The van der Waals surface area contributed by atoms with Crippen LogP contribution < -0.4 is 4.74 Å². The number of benzene rings is 4. The Kier molecular flexibility index (Phi) is 7.60. The van der Waals surface area contributed by atoms with Crippen LogP contribution in [0.15, 0.2) is 97.1 Å². The molecule has 4 aromatic carbocycles. The number of para-hydroxylation sites is 1. The third-order valence-electron chi connectivity index (χ3n) is 4.93. The van der Waals surface area contributed by atoms with Crippen molar-refractivity contribution in [2.24, 2.45) is 0 Å². The summed E-state index contributed by atoms with van der Waals surface area (Å²) < 4.78 is 5.02. The van der Waals surface area contributed by atoms with Gasteiger partial charge in [0.15, 0.2) is 11.6 Å². The van der Waals surface area contributed by atoms with Crippen molar-refractivity contribution >= 4 is 11.6 Å². The molecule has 166 valence electrons. The first-order valence-electron chi connectivity index (χ1n) is 10.3. The molecular weight excluding hydrogens is 416 g/mol. The minimum Gasteiger partial charge on any atom is -0.507 e. The van der Waals surface area contributed by atoms with Crippen LogP contribution in [0.2, 0.25) is 0 Å². The van der Waals surface area contributed by atoms with E-state index in [0.29, 0.717) is 28.0 Å². The summed E-state index contributed by atoms with van der Waals surface area (Å²) in [5.74, 6) is 0.360. The summed E-state index contributed by atoms with van der Waals surface area (Å²) in [5, 5.41) is 19.2. The van der Waals surface area contributed by atoms with Crippen LogP contribution in [0, 0.1) is 6.92 Å². The van der Waals surface area contributed by atoms with Gasteiger partial charge in [0, 0.05) is 11.1 Å². The number of hydrogen-bond donors (Lipinski definition) is 2. The van der Waals surface area contributed by atoms with Gasteiger partial charge >= 0.3 is 0 Å². The van der Waals surface area contributed by atoms with E-state index in [4.69, 9.17) is 4.74 Å². The molecule has 33 heavy (non-hydrogen) atoms. The van der Waals surface area contributed by atoms with E-state index < -0.39 is 0 Å². The number of carbonyl (C=O) groups is 2. The highest BCUT2D eigenvalue weighted by atomic mass is 16.5. The van der Waals surface area contributed by atoms with Crippen LogP contribution in [0.1, 0.15) is 37.4 Å². The average molecular weight is 440 g/mol. The predicted octanol–water partition coefficient (Wildman–Crippen LogP) is 5.56. The smallest absolute Gasteiger partial charge is 0.196 e. The molecule has 0 aromatic heterocycles. The SMILES string of the molecule is COc1ccc(C(=O)c2ccccc2O)cc1.Cc1ccc(O)c(C(=O)c2ccccc2)c1. The Labute approximate surface area is 192 Å². The number of methoxy groups -OCH3 is 1. The second-order valence-corrected chi connectivity index (χ2v) is 7.29. The molecule has 0 heterocycles. The first kappa shape index (κ1) is 23.3. The Hall–Kier alpha value is -4.38. The van der Waals surface area contributed by atoms with Gasteiger partial charge in [-0.1, -0.05) is 54.1 Å². The lowest BCUT2D eigenvalue weighted by atomic mass is 10.0. The Morgan fingerprint density at radius 3 is 1.82 bits per heavy atom. The third kappa shape index (κ3) is 5.86. The van der Waals surface area contributed by atoms with Crippen LogP contribution >= 0.6 is 0 Å². The zero-order chi connectivity index (χ0) is 23.8. The van der Waals surface area contributed by atoms with E-state index in [9.17, 15) is 19.8 Å². The summed E-state index contributed by atoms with van der Waals surface area (Å²) in [6.45, 7) is 1.89. The van der Waals surface area contributed by atoms with Crippen LogP contribution in [-0.2, 0) is 0 Å². The van der Waals surface area contributed by atoms with E-state index in [0.717, 1.165) is 5.56 Å². The highest BCUT2D eigenvalue weighted by molar-refractivity contribution is 6.11. The summed E-state index contributed by atoms with van der Waals surface area (Å²) in [6.07, 6.45) is 0. The van der Waals surface area contributed by atoms with Gasteiger partial charge in [-0.05, 0) is 55.5 Å². The first-order valence-corrected chi connectivity index (χ1v) is 10.3. The average Bonchev–Trinajstić information content (AvgIpc) is 2.86. The highest BCUT2D eigenvalue weighted by Gasteiger charge is 2.13. The number of carbonyl (C=O) groups excluding carboxylic acids is 2. The number of hydrogen-bond acceptors (Lipinski definition) is 5. The molecule has 0 unspecified atom stereocenters. The predicted molar refractivity (Wildman–Crippen MR) is 127 cm³/mol. The van der Waals surface area contributed by atoms with Crippen molar-refractivity contribution in [3.63, 3.8) is 0 Å². The number of aromatic hydroxyl groups is 2. The zero-order valence-electron chi connectivity index (χ0n) is 18.4. The monoisotopic (exact) mass is 440 g/mol. The van der Waals surface area contributed by atoms with Gasteiger partial charge < -0.3 is 14.9 Å². The lowest BCUT2D eigenvalue weighted by Gasteiger charge is -2.04. The molecule has 0 aliphatic carbocycles. The van der Waals surface area contributed by atoms with Crippen LogP contribution in [0.5, 0.6) is 17.2 Å². The van der Waals surface area contributed by atoms with Crippen LogP contribution in [-0.4, -0.2) is 28.9 Å². The number of rotatable bonds is 5. The summed E-state index contributed by atoms with van der Waals surface area (Å²) in [5.41, 5.74) is 2.72. The Morgan fingerprint density at radius 1 is 0.636 bits per heavy atom. The largest absolute Gasteiger partial charge is 0.507 e. The van der Waals surface area contributed by atoms with Gasteiger partial charge in [0.2, 0.25) is 0 Å².